The number of carbonyl (C=O) groups is 2. The van der Waals surface area contributed by atoms with Crippen molar-refractivity contribution in [2.75, 3.05) is 11.4 Å². The Bertz CT molecular complexity index is 847. The van der Waals surface area contributed by atoms with Gasteiger partial charge in [0, 0.05) is 6.54 Å². The van der Waals surface area contributed by atoms with Gasteiger partial charge in [0.2, 0.25) is 5.91 Å². The second kappa shape index (κ2) is 5.99. The van der Waals surface area contributed by atoms with E-state index in [1.165, 1.54) is 12.1 Å². The van der Waals surface area contributed by atoms with E-state index in [4.69, 9.17) is 0 Å². The Labute approximate surface area is 145 Å². The lowest BCUT2D eigenvalue weighted by atomic mass is 10.0. The summed E-state index contributed by atoms with van der Waals surface area (Å²) in [5.41, 5.74) is 2.97. The van der Waals surface area contributed by atoms with Gasteiger partial charge in [0.25, 0.3) is 5.91 Å². The van der Waals surface area contributed by atoms with Crippen LogP contribution < -0.4 is 4.90 Å². The lowest BCUT2D eigenvalue weighted by Gasteiger charge is -2.27. The summed E-state index contributed by atoms with van der Waals surface area (Å²) in [5.74, 6) is -0.431. The number of hydrogen-bond acceptors (Lipinski definition) is 2. The van der Waals surface area contributed by atoms with E-state index < -0.39 is 6.04 Å². The molecule has 0 saturated carbocycles. The molecule has 1 atom stereocenters. The third-order valence-electron chi connectivity index (χ3n) is 5.06. The van der Waals surface area contributed by atoms with Gasteiger partial charge in [-0.05, 0) is 49.1 Å². The zero-order valence-electron chi connectivity index (χ0n) is 14.0. The van der Waals surface area contributed by atoms with Gasteiger partial charge in [-0.3, -0.25) is 9.59 Å². The summed E-state index contributed by atoms with van der Waals surface area (Å²) in [6.45, 7) is 2.86. The maximum absolute atomic E-state index is 13.2. The number of rotatable bonds is 2. The molecule has 2 aromatic rings. The first kappa shape index (κ1) is 15.8. The molecular weight excluding hydrogens is 319 g/mol. The minimum absolute atomic E-state index is 0.0526. The predicted octanol–water partition coefficient (Wildman–Crippen LogP) is 3.29. The first-order valence-corrected chi connectivity index (χ1v) is 8.52. The Hall–Kier alpha value is -2.69. The maximum Gasteiger partial charge on any atom is 0.256 e. The summed E-state index contributed by atoms with van der Waals surface area (Å²) in [5, 5.41) is 0. The summed E-state index contributed by atoms with van der Waals surface area (Å²) in [4.78, 5) is 29.6. The van der Waals surface area contributed by atoms with Gasteiger partial charge in [0.1, 0.15) is 11.9 Å². The zero-order chi connectivity index (χ0) is 17.6. The van der Waals surface area contributed by atoms with Crippen LogP contribution in [-0.2, 0) is 11.3 Å². The lowest BCUT2D eigenvalue weighted by molar-refractivity contribution is -0.122. The van der Waals surface area contributed by atoms with E-state index in [0.29, 0.717) is 30.8 Å². The summed E-state index contributed by atoms with van der Waals surface area (Å²) >= 11 is 0. The number of anilines is 1. The Kier molecular flexibility index (Phi) is 3.79. The smallest absolute Gasteiger partial charge is 0.256 e. The highest BCUT2D eigenvalue weighted by Crippen LogP contribution is 2.35. The third-order valence-corrected chi connectivity index (χ3v) is 5.06. The molecule has 0 aromatic heterocycles. The van der Waals surface area contributed by atoms with Crippen LogP contribution in [0.1, 0.15) is 34.3 Å². The van der Waals surface area contributed by atoms with Crippen molar-refractivity contribution in [3.05, 3.63) is 65.0 Å². The fourth-order valence-corrected chi connectivity index (χ4v) is 3.83. The molecule has 2 amide bonds. The number of halogens is 1. The fraction of sp³-hybridized carbons (Fsp3) is 0.300. The lowest BCUT2D eigenvalue weighted by Crippen LogP contribution is -2.44. The minimum atomic E-state index is -0.403. The van der Waals surface area contributed by atoms with Gasteiger partial charge in [-0.2, -0.15) is 0 Å². The molecular formula is C20H19FN2O2. The molecule has 1 saturated heterocycles. The van der Waals surface area contributed by atoms with Crippen LogP contribution in [0, 0.1) is 12.7 Å². The highest BCUT2D eigenvalue weighted by molar-refractivity contribution is 6.11. The highest BCUT2D eigenvalue weighted by Gasteiger charge is 2.42. The fourth-order valence-electron chi connectivity index (χ4n) is 3.83. The number of hydrogen-bond donors (Lipinski definition) is 0. The Morgan fingerprint density at radius 1 is 1.12 bits per heavy atom. The number of fused-ring (bicyclic) bond motifs is 2. The molecule has 2 aromatic carbocycles. The van der Waals surface area contributed by atoms with E-state index in [0.717, 1.165) is 17.5 Å². The first-order chi connectivity index (χ1) is 12.1. The molecule has 0 bridgehead atoms. The molecule has 2 heterocycles. The van der Waals surface area contributed by atoms with E-state index >= 15 is 0 Å². The van der Waals surface area contributed by atoms with Crippen molar-refractivity contribution in [1.29, 1.82) is 0 Å². The largest absolute Gasteiger partial charge is 0.327 e. The molecule has 0 unspecified atom stereocenters. The topological polar surface area (TPSA) is 40.6 Å². The Morgan fingerprint density at radius 3 is 2.64 bits per heavy atom. The van der Waals surface area contributed by atoms with E-state index in [1.807, 2.05) is 19.1 Å². The summed E-state index contributed by atoms with van der Waals surface area (Å²) in [6.07, 6.45) is 1.53. The van der Waals surface area contributed by atoms with E-state index in [1.54, 1.807) is 28.0 Å². The molecule has 0 radical (unpaired) electrons. The Balaban J connectivity index is 1.83. The average Bonchev–Trinajstić information content (AvgIpc) is 3.07. The normalized spacial score (nSPS) is 19.7. The van der Waals surface area contributed by atoms with E-state index in [2.05, 4.69) is 0 Å². The highest BCUT2D eigenvalue weighted by atomic mass is 19.1. The molecule has 0 N–H and O–H groups in total. The van der Waals surface area contributed by atoms with Crippen molar-refractivity contribution in [3.8, 4) is 0 Å². The molecule has 1 fully saturated rings. The number of carbonyl (C=O) groups excluding carboxylic acids is 2. The van der Waals surface area contributed by atoms with Crippen molar-refractivity contribution in [2.45, 2.75) is 32.4 Å². The molecule has 2 aliphatic heterocycles. The van der Waals surface area contributed by atoms with Crippen LogP contribution in [0.25, 0.3) is 0 Å². The summed E-state index contributed by atoms with van der Waals surface area (Å²) in [6, 6.07) is 11.3. The van der Waals surface area contributed by atoms with Crippen molar-refractivity contribution >= 4 is 17.5 Å². The number of aryl methyl sites for hydroxylation is 1. The van der Waals surface area contributed by atoms with Crippen LogP contribution in [0.15, 0.2) is 42.5 Å². The summed E-state index contributed by atoms with van der Waals surface area (Å²) in [7, 11) is 0. The maximum atomic E-state index is 13.2. The van der Waals surface area contributed by atoms with Gasteiger partial charge in [0.05, 0.1) is 17.8 Å². The van der Waals surface area contributed by atoms with Gasteiger partial charge in [-0.1, -0.05) is 24.3 Å². The minimum Gasteiger partial charge on any atom is -0.327 e. The predicted molar refractivity (Wildman–Crippen MR) is 92.8 cm³/mol. The van der Waals surface area contributed by atoms with Crippen LogP contribution >= 0.6 is 0 Å². The van der Waals surface area contributed by atoms with Gasteiger partial charge < -0.3 is 9.80 Å². The average molecular weight is 338 g/mol. The van der Waals surface area contributed by atoms with E-state index in [9.17, 15) is 14.0 Å². The van der Waals surface area contributed by atoms with Crippen molar-refractivity contribution in [1.82, 2.24) is 4.90 Å². The van der Waals surface area contributed by atoms with E-state index in [-0.39, 0.29) is 17.6 Å². The molecule has 25 heavy (non-hydrogen) atoms. The third kappa shape index (κ3) is 2.60. The number of amides is 2. The number of benzene rings is 2. The summed E-state index contributed by atoms with van der Waals surface area (Å²) < 4.78 is 13.2. The molecule has 0 aliphatic carbocycles. The second-order valence-corrected chi connectivity index (χ2v) is 6.68. The van der Waals surface area contributed by atoms with Crippen LogP contribution in [0.2, 0.25) is 0 Å². The van der Waals surface area contributed by atoms with Crippen molar-refractivity contribution in [2.24, 2.45) is 0 Å². The Morgan fingerprint density at radius 2 is 1.88 bits per heavy atom. The van der Waals surface area contributed by atoms with Gasteiger partial charge >= 0.3 is 0 Å². The van der Waals surface area contributed by atoms with Gasteiger partial charge in [-0.25, -0.2) is 4.39 Å². The van der Waals surface area contributed by atoms with Gasteiger partial charge in [-0.15, -0.1) is 0 Å². The van der Waals surface area contributed by atoms with Crippen molar-refractivity contribution < 1.29 is 14.0 Å². The molecule has 128 valence electrons. The molecule has 4 nitrogen and oxygen atoms in total. The second-order valence-electron chi connectivity index (χ2n) is 6.68. The van der Waals surface area contributed by atoms with Crippen LogP contribution in [0.4, 0.5) is 10.1 Å². The van der Waals surface area contributed by atoms with Gasteiger partial charge in [0.15, 0.2) is 0 Å². The first-order valence-electron chi connectivity index (χ1n) is 8.52. The monoisotopic (exact) mass is 338 g/mol. The quantitative estimate of drug-likeness (QED) is 0.843. The molecule has 0 spiro atoms. The van der Waals surface area contributed by atoms with Crippen molar-refractivity contribution in [3.63, 3.8) is 0 Å². The molecule has 5 heteroatoms. The molecule has 2 aliphatic rings. The zero-order valence-corrected chi connectivity index (χ0v) is 14.0. The standard InChI is InChI=1S/C20H19FN2O2/c1-13-4-2-5-16-18(13)23(12-14-7-9-15(21)10-8-14)20(25)17-6-3-11-22(17)19(16)24/h2,4-5,7-10,17H,3,6,11-12H2,1H3/t17-/m0/s1. The van der Waals surface area contributed by atoms with Crippen LogP contribution in [0.5, 0.6) is 0 Å². The SMILES string of the molecule is Cc1cccc2c1N(Cc1ccc(F)cc1)C(=O)[C@@H]1CCCN1C2=O. The molecule has 4 rings (SSSR count). The van der Waals surface area contributed by atoms with Crippen LogP contribution in [0.3, 0.4) is 0 Å². The number of para-hydroxylation sites is 1. The van der Waals surface area contributed by atoms with Crippen LogP contribution in [-0.4, -0.2) is 29.3 Å². The number of nitrogens with zero attached hydrogens (tertiary/aromatic N) is 2.